The molecule has 10 nitrogen and oxygen atoms in total. The van der Waals surface area contributed by atoms with E-state index in [-0.39, 0.29) is 25.3 Å². The zero-order chi connectivity index (χ0) is 15.2. The molecular formula is C11H13N5O5. The van der Waals surface area contributed by atoms with Gasteiger partial charge in [0.2, 0.25) is 11.7 Å². The third-order valence-corrected chi connectivity index (χ3v) is 2.50. The standard InChI is InChI=1S/C11H13N5O5/c17-7(11(19)20)3-4-12-9(18)6-16-14-10(13-15-16)8-2-1-5-21-8/h1-2,5,7,17H,3-4,6H2,(H,12,18)(H,19,20). The van der Waals surface area contributed by atoms with E-state index in [1.165, 1.54) is 6.26 Å². The highest BCUT2D eigenvalue weighted by Crippen LogP contribution is 2.12. The fourth-order valence-electron chi connectivity index (χ4n) is 1.47. The monoisotopic (exact) mass is 295 g/mol. The molecule has 2 aromatic rings. The third-order valence-electron chi connectivity index (χ3n) is 2.50. The highest BCUT2D eigenvalue weighted by molar-refractivity contribution is 5.75. The number of aliphatic hydroxyl groups is 1. The van der Waals surface area contributed by atoms with Crippen LogP contribution in [0.4, 0.5) is 0 Å². The Morgan fingerprint density at radius 2 is 2.29 bits per heavy atom. The number of nitrogens with zero attached hydrogens (tertiary/aromatic N) is 4. The first kappa shape index (κ1) is 14.7. The van der Waals surface area contributed by atoms with E-state index in [1.807, 2.05) is 0 Å². The molecule has 0 saturated heterocycles. The number of carboxylic acid groups (broad SMARTS) is 1. The van der Waals surface area contributed by atoms with Crippen LogP contribution in [0.2, 0.25) is 0 Å². The molecule has 0 aliphatic carbocycles. The van der Waals surface area contributed by atoms with Crippen LogP contribution >= 0.6 is 0 Å². The number of carbonyl (C=O) groups excluding carboxylic acids is 1. The number of nitrogens with one attached hydrogen (secondary N) is 1. The lowest BCUT2D eigenvalue weighted by Crippen LogP contribution is -2.32. The van der Waals surface area contributed by atoms with Crippen molar-refractivity contribution in [2.24, 2.45) is 0 Å². The number of tetrazole rings is 1. The Balaban J connectivity index is 1.79. The van der Waals surface area contributed by atoms with Gasteiger partial charge in [-0.3, -0.25) is 4.79 Å². The summed E-state index contributed by atoms with van der Waals surface area (Å²) in [5.41, 5.74) is 0. The molecule has 0 aliphatic rings. The predicted octanol–water partition coefficient (Wildman–Crippen LogP) is -1.12. The minimum atomic E-state index is -1.50. The zero-order valence-corrected chi connectivity index (χ0v) is 10.8. The van der Waals surface area contributed by atoms with E-state index in [9.17, 15) is 9.59 Å². The number of carbonyl (C=O) groups is 2. The summed E-state index contributed by atoms with van der Waals surface area (Å²) in [6.07, 6.45) is -0.111. The summed E-state index contributed by atoms with van der Waals surface area (Å²) < 4.78 is 5.09. The molecule has 1 unspecified atom stereocenters. The first-order chi connectivity index (χ1) is 10.1. The van der Waals surface area contributed by atoms with Crippen molar-refractivity contribution in [1.29, 1.82) is 0 Å². The van der Waals surface area contributed by atoms with Crippen molar-refractivity contribution >= 4 is 11.9 Å². The van der Waals surface area contributed by atoms with E-state index in [0.29, 0.717) is 5.76 Å². The summed E-state index contributed by atoms with van der Waals surface area (Å²) in [7, 11) is 0. The van der Waals surface area contributed by atoms with Gasteiger partial charge >= 0.3 is 5.97 Å². The number of aliphatic hydroxyl groups excluding tert-OH is 1. The van der Waals surface area contributed by atoms with Crippen LogP contribution in [0.15, 0.2) is 22.8 Å². The Morgan fingerprint density at radius 3 is 2.95 bits per heavy atom. The van der Waals surface area contributed by atoms with Crippen LogP contribution in [0.5, 0.6) is 0 Å². The lowest BCUT2D eigenvalue weighted by molar-refractivity contribution is -0.147. The van der Waals surface area contributed by atoms with Crippen LogP contribution in [0.25, 0.3) is 11.6 Å². The number of amides is 1. The highest BCUT2D eigenvalue weighted by Gasteiger charge is 2.14. The molecule has 1 atom stereocenters. The lowest BCUT2D eigenvalue weighted by Gasteiger charge is -2.06. The Kier molecular flexibility index (Phi) is 4.61. The fraction of sp³-hybridized carbons (Fsp3) is 0.364. The average Bonchev–Trinajstić information content (AvgIpc) is 3.08. The minimum absolute atomic E-state index is 0.0338. The molecule has 2 rings (SSSR count). The molecule has 2 heterocycles. The molecule has 1 amide bonds. The van der Waals surface area contributed by atoms with Gasteiger partial charge in [0.15, 0.2) is 11.9 Å². The van der Waals surface area contributed by atoms with Gasteiger partial charge < -0.3 is 19.9 Å². The zero-order valence-electron chi connectivity index (χ0n) is 10.8. The quantitative estimate of drug-likeness (QED) is 0.583. The summed E-state index contributed by atoms with van der Waals surface area (Å²) in [4.78, 5) is 23.0. The summed E-state index contributed by atoms with van der Waals surface area (Å²) in [6.45, 7) is -0.136. The Labute approximate surface area is 118 Å². The van der Waals surface area contributed by atoms with Gasteiger partial charge in [0.25, 0.3) is 0 Å². The largest absolute Gasteiger partial charge is 0.479 e. The van der Waals surface area contributed by atoms with Crippen molar-refractivity contribution < 1.29 is 24.2 Å². The summed E-state index contributed by atoms with van der Waals surface area (Å²) >= 11 is 0. The second kappa shape index (κ2) is 6.61. The van der Waals surface area contributed by atoms with Crippen LogP contribution in [-0.2, 0) is 16.1 Å². The van der Waals surface area contributed by atoms with E-state index in [0.717, 1.165) is 4.80 Å². The number of aromatic nitrogens is 4. The molecule has 10 heteroatoms. The Hall–Kier alpha value is -2.75. The molecule has 2 aromatic heterocycles. The van der Waals surface area contributed by atoms with Gasteiger partial charge in [-0.2, -0.15) is 4.80 Å². The van der Waals surface area contributed by atoms with Crippen LogP contribution in [0.1, 0.15) is 6.42 Å². The van der Waals surface area contributed by atoms with Gasteiger partial charge in [-0.15, -0.1) is 10.2 Å². The summed E-state index contributed by atoms with van der Waals surface area (Å²) in [5.74, 6) is -1.05. The molecule has 0 aliphatic heterocycles. The second-order valence-electron chi connectivity index (χ2n) is 4.11. The van der Waals surface area contributed by atoms with Gasteiger partial charge in [0.1, 0.15) is 6.54 Å². The van der Waals surface area contributed by atoms with Gasteiger partial charge in [-0.25, -0.2) is 4.79 Å². The SMILES string of the molecule is O=C(Cn1nnc(-c2ccco2)n1)NCCC(O)C(=O)O. The number of hydrogen-bond acceptors (Lipinski definition) is 7. The average molecular weight is 295 g/mol. The number of aliphatic carboxylic acids is 1. The maximum Gasteiger partial charge on any atom is 0.332 e. The minimum Gasteiger partial charge on any atom is -0.479 e. The number of furan rings is 1. The highest BCUT2D eigenvalue weighted by atomic mass is 16.4. The molecule has 0 saturated carbocycles. The number of hydrogen-bond donors (Lipinski definition) is 3. The van der Waals surface area contributed by atoms with Gasteiger partial charge in [0, 0.05) is 13.0 Å². The topological polar surface area (TPSA) is 143 Å². The van der Waals surface area contributed by atoms with E-state index in [2.05, 4.69) is 20.7 Å². The maximum absolute atomic E-state index is 11.6. The smallest absolute Gasteiger partial charge is 0.332 e. The van der Waals surface area contributed by atoms with Crippen molar-refractivity contribution in [3.05, 3.63) is 18.4 Å². The van der Waals surface area contributed by atoms with Crippen molar-refractivity contribution in [2.75, 3.05) is 6.54 Å². The Bertz CT molecular complexity index is 608. The van der Waals surface area contributed by atoms with Gasteiger partial charge in [-0.05, 0) is 17.3 Å². The predicted molar refractivity (Wildman–Crippen MR) is 66.8 cm³/mol. The third kappa shape index (κ3) is 4.11. The molecule has 0 bridgehead atoms. The van der Waals surface area contributed by atoms with Crippen LogP contribution in [-0.4, -0.2) is 54.9 Å². The van der Waals surface area contributed by atoms with E-state index >= 15 is 0 Å². The molecular weight excluding hydrogens is 282 g/mol. The Morgan fingerprint density at radius 1 is 1.48 bits per heavy atom. The van der Waals surface area contributed by atoms with Crippen molar-refractivity contribution in [2.45, 2.75) is 19.1 Å². The van der Waals surface area contributed by atoms with Crippen LogP contribution in [0, 0.1) is 0 Å². The number of carboxylic acids is 1. The molecule has 0 fully saturated rings. The lowest BCUT2D eigenvalue weighted by atomic mass is 10.2. The normalized spacial score (nSPS) is 12.0. The van der Waals surface area contributed by atoms with Crippen molar-refractivity contribution in [3.63, 3.8) is 0 Å². The van der Waals surface area contributed by atoms with Crippen LogP contribution in [0.3, 0.4) is 0 Å². The maximum atomic E-state index is 11.6. The summed E-state index contributed by atoms with van der Waals surface area (Å²) in [6, 6.07) is 3.34. The van der Waals surface area contributed by atoms with E-state index in [4.69, 9.17) is 14.6 Å². The molecule has 0 aromatic carbocycles. The van der Waals surface area contributed by atoms with Crippen molar-refractivity contribution in [1.82, 2.24) is 25.5 Å². The second-order valence-corrected chi connectivity index (χ2v) is 4.11. The number of rotatable bonds is 7. The first-order valence-corrected chi connectivity index (χ1v) is 6.05. The molecule has 0 spiro atoms. The van der Waals surface area contributed by atoms with Crippen molar-refractivity contribution in [3.8, 4) is 11.6 Å². The van der Waals surface area contributed by atoms with Crippen LogP contribution < -0.4 is 5.32 Å². The molecule has 0 radical (unpaired) electrons. The van der Waals surface area contributed by atoms with Gasteiger partial charge in [0.05, 0.1) is 6.26 Å². The summed E-state index contributed by atoms with van der Waals surface area (Å²) in [5, 5.41) is 31.3. The molecule has 112 valence electrons. The van der Waals surface area contributed by atoms with E-state index in [1.54, 1.807) is 12.1 Å². The molecule has 21 heavy (non-hydrogen) atoms. The molecule has 3 N–H and O–H groups in total. The first-order valence-electron chi connectivity index (χ1n) is 6.05. The fourth-order valence-corrected chi connectivity index (χ4v) is 1.47. The van der Waals surface area contributed by atoms with E-state index < -0.39 is 18.0 Å². The van der Waals surface area contributed by atoms with Gasteiger partial charge in [-0.1, -0.05) is 0 Å².